The molecule has 0 aliphatic heterocycles. The maximum absolute atomic E-state index is 2.57. The third kappa shape index (κ3) is 1.04. The van der Waals surface area contributed by atoms with E-state index in [1.165, 1.54) is 25.7 Å². The predicted molar refractivity (Wildman–Crippen MR) is 64.6 cm³/mol. The molecule has 0 radical (unpaired) electrons. The third-order valence-electron chi connectivity index (χ3n) is 5.97. The summed E-state index contributed by atoms with van der Waals surface area (Å²) in [6, 6.07) is 0. The number of rotatable bonds is 0. The van der Waals surface area contributed by atoms with Crippen LogP contribution in [0.1, 0.15) is 53.4 Å². The maximum Gasteiger partial charge on any atom is -0.0113 e. The summed E-state index contributed by atoms with van der Waals surface area (Å²) in [4.78, 5) is 0. The van der Waals surface area contributed by atoms with Crippen molar-refractivity contribution in [1.29, 1.82) is 0 Å². The van der Waals surface area contributed by atoms with Crippen LogP contribution in [-0.2, 0) is 0 Å². The molecule has 0 aromatic heterocycles. The van der Waals surface area contributed by atoms with Crippen molar-refractivity contribution >= 4 is 0 Å². The topological polar surface area (TPSA) is 0 Å². The Morgan fingerprint density at radius 2 is 1.93 bits per heavy atom. The zero-order valence-electron chi connectivity index (χ0n) is 10.6. The highest BCUT2D eigenvalue weighted by Gasteiger charge is 2.64. The monoisotopic (exact) mass is 204 g/mol. The van der Waals surface area contributed by atoms with Crippen molar-refractivity contribution in [2.24, 2.45) is 28.6 Å². The van der Waals surface area contributed by atoms with Crippen molar-refractivity contribution in [2.45, 2.75) is 53.4 Å². The molecule has 0 aromatic rings. The van der Waals surface area contributed by atoms with Gasteiger partial charge in [-0.1, -0.05) is 38.8 Å². The molecule has 4 atom stereocenters. The van der Waals surface area contributed by atoms with Gasteiger partial charge in [0.2, 0.25) is 0 Å². The Labute approximate surface area is 94.1 Å². The van der Waals surface area contributed by atoms with Crippen molar-refractivity contribution < 1.29 is 0 Å². The highest BCUT2D eigenvalue weighted by atomic mass is 14.7. The van der Waals surface area contributed by atoms with Gasteiger partial charge in [0.05, 0.1) is 0 Å². The Kier molecular flexibility index (Phi) is 1.79. The first-order valence-corrected chi connectivity index (χ1v) is 6.63. The van der Waals surface area contributed by atoms with Gasteiger partial charge in [-0.05, 0) is 54.8 Å². The van der Waals surface area contributed by atoms with E-state index in [-0.39, 0.29) is 0 Å². The molecule has 84 valence electrons. The molecule has 0 aromatic carbocycles. The van der Waals surface area contributed by atoms with Crippen molar-refractivity contribution in [1.82, 2.24) is 0 Å². The molecule has 4 bridgehead atoms. The molecule has 0 spiro atoms. The lowest BCUT2D eigenvalue weighted by atomic mass is 9.38. The quantitative estimate of drug-likeness (QED) is 0.513. The average molecular weight is 204 g/mol. The standard InChI is InChI=1S/C15H24/c1-10-6-7-11-13-12(10)15(11,4)9-5-8-14(13,2)3/h6,11-13H,5,7-9H2,1-4H3/t11-,12?,13-,15?/m1/s1. The number of hydrogen-bond donors (Lipinski definition) is 0. The predicted octanol–water partition coefficient (Wildman–Crippen LogP) is 4.42. The van der Waals surface area contributed by atoms with Crippen LogP contribution in [0.4, 0.5) is 0 Å². The second-order valence-electron chi connectivity index (χ2n) is 7.14. The van der Waals surface area contributed by atoms with E-state index in [1.807, 2.05) is 0 Å². The van der Waals surface area contributed by atoms with Gasteiger partial charge in [0, 0.05) is 0 Å². The molecular formula is C15H24. The van der Waals surface area contributed by atoms with Gasteiger partial charge < -0.3 is 0 Å². The van der Waals surface area contributed by atoms with Gasteiger partial charge in [-0.15, -0.1) is 0 Å². The van der Waals surface area contributed by atoms with Gasteiger partial charge in [-0.2, -0.15) is 0 Å². The van der Waals surface area contributed by atoms with Crippen LogP contribution in [0.2, 0.25) is 0 Å². The van der Waals surface area contributed by atoms with Crippen molar-refractivity contribution in [2.75, 3.05) is 0 Å². The maximum atomic E-state index is 2.57. The second kappa shape index (κ2) is 2.70. The van der Waals surface area contributed by atoms with Gasteiger partial charge in [-0.3, -0.25) is 0 Å². The molecule has 2 saturated carbocycles. The molecular weight excluding hydrogens is 180 g/mol. The number of fused-ring (bicyclic) bond motifs is 1. The normalized spacial score (nSPS) is 51.5. The van der Waals surface area contributed by atoms with Crippen LogP contribution in [0.3, 0.4) is 0 Å². The van der Waals surface area contributed by atoms with Crippen LogP contribution in [0.15, 0.2) is 11.6 Å². The van der Waals surface area contributed by atoms with Crippen LogP contribution in [0, 0.1) is 28.6 Å². The molecule has 4 rings (SSSR count). The average Bonchev–Trinajstić information content (AvgIpc) is 2.30. The first kappa shape index (κ1) is 9.93. The SMILES string of the molecule is CC1=CC[C@@H]2[C@@H]3C1C2(C)CCCC3(C)C. The first-order valence-electron chi connectivity index (χ1n) is 6.63. The number of hydrogen-bond acceptors (Lipinski definition) is 0. The summed E-state index contributed by atoms with van der Waals surface area (Å²) in [5.41, 5.74) is 2.98. The van der Waals surface area contributed by atoms with E-state index in [1.54, 1.807) is 5.57 Å². The molecule has 0 nitrogen and oxygen atoms in total. The fourth-order valence-electron chi connectivity index (χ4n) is 5.25. The fourth-order valence-corrected chi connectivity index (χ4v) is 5.25. The summed E-state index contributed by atoms with van der Waals surface area (Å²) in [5.74, 6) is 2.92. The number of allylic oxidation sites excluding steroid dienone is 2. The van der Waals surface area contributed by atoms with E-state index in [4.69, 9.17) is 0 Å². The molecule has 2 unspecified atom stereocenters. The Morgan fingerprint density at radius 3 is 2.60 bits per heavy atom. The van der Waals surface area contributed by atoms with E-state index in [0.29, 0.717) is 10.8 Å². The zero-order chi connectivity index (χ0) is 10.8. The minimum absolute atomic E-state index is 0.598. The van der Waals surface area contributed by atoms with Gasteiger partial charge in [-0.25, -0.2) is 0 Å². The summed E-state index contributed by atoms with van der Waals surface area (Å²) in [5, 5.41) is 0. The van der Waals surface area contributed by atoms with E-state index in [9.17, 15) is 0 Å². The minimum atomic E-state index is 0.598. The smallest absolute Gasteiger partial charge is 0.0113 e. The third-order valence-corrected chi connectivity index (χ3v) is 5.97. The van der Waals surface area contributed by atoms with Crippen LogP contribution in [-0.4, -0.2) is 0 Å². The lowest BCUT2D eigenvalue weighted by Crippen LogP contribution is -2.60. The van der Waals surface area contributed by atoms with Gasteiger partial charge in [0.1, 0.15) is 0 Å². The summed E-state index contributed by atoms with van der Waals surface area (Å²) < 4.78 is 0. The lowest BCUT2D eigenvalue weighted by molar-refractivity contribution is -0.138. The van der Waals surface area contributed by atoms with Gasteiger partial charge in [0.15, 0.2) is 0 Å². The fraction of sp³-hybridized carbons (Fsp3) is 0.867. The molecule has 0 saturated heterocycles. The Balaban J connectivity index is 2.06. The van der Waals surface area contributed by atoms with Crippen molar-refractivity contribution in [3.05, 3.63) is 11.6 Å². The molecule has 0 N–H and O–H groups in total. The lowest BCUT2D eigenvalue weighted by Gasteiger charge is -2.66. The van der Waals surface area contributed by atoms with Gasteiger partial charge >= 0.3 is 0 Å². The minimum Gasteiger partial charge on any atom is -0.0850 e. The summed E-state index contributed by atoms with van der Waals surface area (Å²) in [6.45, 7) is 9.98. The van der Waals surface area contributed by atoms with Crippen LogP contribution < -0.4 is 0 Å². The van der Waals surface area contributed by atoms with E-state index >= 15 is 0 Å². The Bertz CT molecular complexity index is 323. The van der Waals surface area contributed by atoms with Crippen LogP contribution >= 0.6 is 0 Å². The van der Waals surface area contributed by atoms with Gasteiger partial charge in [0.25, 0.3) is 0 Å². The van der Waals surface area contributed by atoms with E-state index < -0.39 is 0 Å². The zero-order valence-corrected chi connectivity index (χ0v) is 10.6. The highest BCUT2D eigenvalue weighted by molar-refractivity contribution is 5.28. The van der Waals surface area contributed by atoms with Crippen molar-refractivity contribution in [3.8, 4) is 0 Å². The Hall–Kier alpha value is -0.260. The molecule has 2 fully saturated rings. The molecule has 4 aliphatic rings. The molecule has 0 heteroatoms. The summed E-state index contributed by atoms with van der Waals surface area (Å²) >= 11 is 0. The molecule has 15 heavy (non-hydrogen) atoms. The molecule has 4 aliphatic carbocycles. The van der Waals surface area contributed by atoms with Crippen molar-refractivity contribution in [3.63, 3.8) is 0 Å². The highest BCUT2D eigenvalue weighted by Crippen LogP contribution is 2.72. The molecule has 0 heterocycles. The second-order valence-corrected chi connectivity index (χ2v) is 7.14. The van der Waals surface area contributed by atoms with Crippen LogP contribution in [0.25, 0.3) is 0 Å². The Morgan fingerprint density at radius 1 is 1.20 bits per heavy atom. The van der Waals surface area contributed by atoms with Crippen LogP contribution in [0.5, 0.6) is 0 Å². The molecule has 0 amide bonds. The summed E-state index contributed by atoms with van der Waals surface area (Å²) in [7, 11) is 0. The largest absolute Gasteiger partial charge is 0.0850 e. The van der Waals surface area contributed by atoms with E-state index in [2.05, 4.69) is 33.8 Å². The first-order chi connectivity index (χ1) is 6.97. The summed E-state index contributed by atoms with van der Waals surface area (Å²) in [6.07, 6.45) is 8.28. The van der Waals surface area contributed by atoms with E-state index in [0.717, 1.165) is 17.8 Å².